The van der Waals surface area contributed by atoms with Gasteiger partial charge in [-0.1, -0.05) is 0 Å². The first-order valence-corrected chi connectivity index (χ1v) is 8.44. The Hall–Kier alpha value is -4.00. The molecule has 0 aromatic heterocycles. The van der Waals surface area contributed by atoms with E-state index in [2.05, 4.69) is 0 Å². The first-order valence-electron chi connectivity index (χ1n) is 8.44. The third kappa shape index (κ3) is 1.52. The Morgan fingerprint density at radius 1 is 0.857 bits per heavy atom. The van der Waals surface area contributed by atoms with E-state index in [4.69, 9.17) is 9.47 Å². The average Bonchev–Trinajstić information content (AvgIpc) is 3.08. The number of phenols is 2. The van der Waals surface area contributed by atoms with Crippen LogP contribution in [0.5, 0.6) is 23.0 Å². The van der Waals surface area contributed by atoms with Gasteiger partial charge in [0.05, 0.1) is 16.7 Å². The number of carbonyl (C=O) groups excluding carboxylic acids is 1. The first kappa shape index (κ1) is 15.1. The number of ether oxygens (including phenoxy) is 2. The number of rotatable bonds is 1. The maximum atomic E-state index is 12.7. The van der Waals surface area contributed by atoms with Crippen LogP contribution in [0, 0.1) is 0 Å². The van der Waals surface area contributed by atoms with Crippen molar-refractivity contribution in [2.75, 3.05) is 0 Å². The number of hydrogen-bond donors (Lipinski definition) is 3. The number of aromatic carboxylic acids is 1. The lowest BCUT2D eigenvalue weighted by Gasteiger charge is -2.34. The van der Waals surface area contributed by atoms with Crippen molar-refractivity contribution in [3.8, 4) is 34.1 Å². The van der Waals surface area contributed by atoms with E-state index >= 15 is 0 Å². The predicted octanol–water partition coefficient (Wildman–Crippen LogP) is 3.34. The van der Waals surface area contributed by atoms with Crippen LogP contribution >= 0.6 is 0 Å². The monoisotopic (exact) mass is 374 g/mol. The normalized spacial score (nSPS) is 19.4. The minimum Gasteiger partial charge on any atom is -0.508 e. The Balaban J connectivity index is 1.83. The first-order chi connectivity index (χ1) is 13.4. The number of aromatic hydroxyl groups is 2. The molecule has 28 heavy (non-hydrogen) atoms. The summed E-state index contributed by atoms with van der Waals surface area (Å²) in [6.07, 6.45) is 0. The van der Waals surface area contributed by atoms with Crippen LogP contribution in [0.1, 0.15) is 37.4 Å². The molecule has 1 aliphatic carbocycles. The molecule has 1 spiro atoms. The van der Waals surface area contributed by atoms with Crippen LogP contribution in [0.3, 0.4) is 0 Å². The van der Waals surface area contributed by atoms with Gasteiger partial charge in [-0.15, -0.1) is 0 Å². The van der Waals surface area contributed by atoms with E-state index in [0.29, 0.717) is 33.6 Å². The van der Waals surface area contributed by atoms with Crippen LogP contribution in [0.2, 0.25) is 0 Å². The van der Waals surface area contributed by atoms with Crippen LogP contribution in [0.4, 0.5) is 0 Å². The highest BCUT2D eigenvalue weighted by molar-refractivity contribution is 6.06. The summed E-state index contributed by atoms with van der Waals surface area (Å²) in [5.41, 5.74) is 1.44. The maximum absolute atomic E-state index is 12.7. The van der Waals surface area contributed by atoms with Gasteiger partial charge in [0.2, 0.25) is 0 Å². The molecular weight excluding hydrogens is 364 g/mol. The highest BCUT2D eigenvalue weighted by Gasteiger charge is 2.59. The average molecular weight is 374 g/mol. The fraction of sp³-hybridized carbons (Fsp3) is 0.0476. The number of hydrogen-bond acceptors (Lipinski definition) is 6. The molecule has 2 heterocycles. The molecule has 0 fully saturated rings. The van der Waals surface area contributed by atoms with Gasteiger partial charge >= 0.3 is 11.9 Å². The second kappa shape index (κ2) is 4.45. The zero-order valence-electron chi connectivity index (χ0n) is 14.0. The van der Waals surface area contributed by atoms with E-state index in [-0.39, 0.29) is 28.4 Å². The van der Waals surface area contributed by atoms with Gasteiger partial charge in [0.25, 0.3) is 0 Å². The summed E-state index contributed by atoms with van der Waals surface area (Å²) < 4.78 is 11.8. The molecule has 7 nitrogen and oxygen atoms in total. The number of benzene rings is 3. The van der Waals surface area contributed by atoms with Gasteiger partial charge < -0.3 is 24.8 Å². The Morgan fingerprint density at radius 2 is 1.57 bits per heavy atom. The van der Waals surface area contributed by atoms with Crippen molar-refractivity contribution >= 4 is 11.9 Å². The zero-order chi connectivity index (χ0) is 19.4. The van der Waals surface area contributed by atoms with Gasteiger partial charge in [0.1, 0.15) is 23.0 Å². The molecule has 3 aromatic rings. The lowest BCUT2D eigenvalue weighted by molar-refractivity contribution is 0.0236. The maximum Gasteiger partial charge on any atom is 0.340 e. The van der Waals surface area contributed by atoms with Gasteiger partial charge in [0, 0.05) is 23.3 Å². The van der Waals surface area contributed by atoms with Crippen LogP contribution in [-0.4, -0.2) is 27.3 Å². The number of fused-ring (bicyclic) bond motifs is 2. The molecule has 3 aliphatic rings. The summed E-state index contributed by atoms with van der Waals surface area (Å²) in [6.45, 7) is 0. The molecule has 2 aliphatic heterocycles. The summed E-state index contributed by atoms with van der Waals surface area (Å²) in [5.74, 6) is -1.34. The summed E-state index contributed by atoms with van der Waals surface area (Å²) in [4.78, 5) is 24.3. The molecular formula is C21H10O7. The third-order valence-electron chi connectivity index (χ3n) is 5.50. The number of esters is 1. The van der Waals surface area contributed by atoms with E-state index < -0.39 is 17.5 Å². The predicted molar refractivity (Wildman–Crippen MR) is 94.0 cm³/mol. The molecule has 0 saturated carbocycles. The minimum atomic E-state index is -1.31. The summed E-state index contributed by atoms with van der Waals surface area (Å²) in [6, 6.07) is 10.2. The molecule has 1 unspecified atom stereocenters. The van der Waals surface area contributed by atoms with E-state index in [0.717, 1.165) is 0 Å². The molecule has 3 N–H and O–H groups in total. The SMILES string of the molecule is O=C(O)c1cc2c3c(c1)-c1cc(O)cc4c1C3(OC2=O)c1ccc(O)cc1O4. The number of carboxylic acids is 1. The largest absolute Gasteiger partial charge is 0.508 e. The third-order valence-corrected chi connectivity index (χ3v) is 5.50. The van der Waals surface area contributed by atoms with Crippen molar-refractivity contribution in [2.45, 2.75) is 5.60 Å². The molecule has 0 saturated heterocycles. The molecule has 1 atom stereocenters. The second-order valence-electron chi connectivity index (χ2n) is 6.97. The van der Waals surface area contributed by atoms with Crippen LogP contribution in [0.15, 0.2) is 42.5 Å². The molecule has 0 amide bonds. The number of carboxylic acid groups (broad SMARTS) is 1. The standard InChI is InChI=1S/C21H10O7/c22-9-1-2-14-15(6-9)27-16-7-10(23)5-12-11-3-8(19(24)25)4-13-17(11)21(14,18(12)16)28-20(13)26/h1-7,22-23H,(H,24,25). The van der Waals surface area contributed by atoms with Crippen molar-refractivity contribution in [3.05, 3.63) is 70.3 Å². The van der Waals surface area contributed by atoms with Crippen LogP contribution in [0.25, 0.3) is 11.1 Å². The molecule has 7 heteroatoms. The van der Waals surface area contributed by atoms with Crippen LogP contribution < -0.4 is 4.74 Å². The smallest absolute Gasteiger partial charge is 0.340 e. The van der Waals surface area contributed by atoms with Gasteiger partial charge in [-0.05, 0) is 41.5 Å². The molecule has 6 rings (SSSR count). The van der Waals surface area contributed by atoms with Crippen molar-refractivity contribution in [2.24, 2.45) is 0 Å². The Morgan fingerprint density at radius 3 is 2.36 bits per heavy atom. The van der Waals surface area contributed by atoms with E-state index in [1.807, 2.05) is 0 Å². The molecule has 136 valence electrons. The van der Waals surface area contributed by atoms with E-state index in [1.165, 1.54) is 36.4 Å². The lowest BCUT2D eigenvalue weighted by atomic mass is 9.81. The number of carbonyl (C=O) groups is 2. The lowest BCUT2D eigenvalue weighted by Crippen LogP contribution is -2.30. The van der Waals surface area contributed by atoms with E-state index in [9.17, 15) is 24.9 Å². The zero-order valence-corrected chi connectivity index (χ0v) is 14.0. The van der Waals surface area contributed by atoms with Gasteiger partial charge in [0.15, 0.2) is 5.60 Å². The quantitative estimate of drug-likeness (QED) is 0.560. The molecule has 3 aromatic carbocycles. The van der Waals surface area contributed by atoms with Crippen molar-refractivity contribution in [1.82, 2.24) is 0 Å². The highest BCUT2D eigenvalue weighted by atomic mass is 16.6. The van der Waals surface area contributed by atoms with Crippen molar-refractivity contribution < 1.29 is 34.4 Å². The summed E-state index contributed by atoms with van der Waals surface area (Å²) in [7, 11) is 0. The Kier molecular flexibility index (Phi) is 2.40. The number of phenolic OH excluding ortho intramolecular Hbond substituents is 2. The van der Waals surface area contributed by atoms with Crippen molar-refractivity contribution in [1.29, 1.82) is 0 Å². The van der Waals surface area contributed by atoms with Crippen molar-refractivity contribution in [3.63, 3.8) is 0 Å². The second-order valence-corrected chi connectivity index (χ2v) is 6.97. The Labute approximate surface area is 157 Å². The van der Waals surface area contributed by atoms with Gasteiger partial charge in [-0.2, -0.15) is 0 Å². The summed E-state index contributed by atoms with van der Waals surface area (Å²) >= 11 is 0. The fourth-order valence-electron chi connectivity index (χ4n) is 4.53. The van der Waals surface area contributed by atoms with Crippen LogP contribution in [-0.2, 0) is 10.3 Å². The van der Waals surface area contributed by atoms with Gasteiger partial charge in [-0.3, -0.25) is 0 Å². The van der Waals surface area contributed by atoms with E-state index in [1.54, 1.807) is 6.07 Å². The highest BCUT2D eigenvalue weighted by Crippen LogP contribution is 2.65. The summed E-state index contributed by atoms with van der Waals surface area (Å²) in [5, 5.41) is 29.5. The van der Waals surface area contributed by atoms with Gasteiger partial charge in [-0.25, -0.2) is 9.59 Å². The Bertz CT molecular complexity index is 1290. The molecule has 0 bridgehead atoms. The fourth-order valence-corrected chi connectivity index (χ4v) is 4.53. The minimum absolute atomic E-state index is 0.0250. The molecule has 0 radical (unpaired) electrons. The topological polar surface area (TPSA) is 113 Å².